The van der Waals surface area contributed by atoms with E-state index in [-0.39, 0.29) is 34.5 Å². The van der Waals surface area contributed by atoms with Crippen molar-refractivity contribution in [2.24, 2.45) is 0 Å². The SMILES string of the molecule is CCc1ccc(-c2cccc(NC(=O)c3ccc(C(C)(C)C)cc3)c2C)nc(Nc2ccc([C@@H]3C(=O)N(C)CCN3C)cc2)c1=O. The van der Waals surface area contributed by atoms with E-state index in [9.17, 15) is 14.4 Å². The van der Waals surface area contributed by atoms with Crippen LogP contribution >= 0.6 is 0 Å². The van der Waals surface area contributed by atoms with Gasteiger partial charge in [-0.3, -0.25) is 19.3 Å². The van der Waals surface area contributed by atoms with Crippen LogP contribution in [0.5, 0.6) is 0 Å². The van der Waals surface area contributed by atoms with Crippen molar-refractivity contribution in [2.75, 3.05) is 37.8 Å². The third kappa shape index (κ3) is 6.87. The number of amides is 2. The summed E-state index contributed by atoms with van der Waals surface area (Å²) in [6.07, 6.45) is 0.551. The molecule has 0 radical (unpaired) electrons. The van der Waals surface area contributed by atoms with E-state index in [2.05, 4.69) is 36.3 Å². The normalized spacial score (nSPS) is 15.5. The molecule has 1 atom stereocenters. The van der Waals surface area contributed by atoms with Gasteiger partial charge in [-0.2, -0.15) is 0 Å². The van der Waals surface area contributed by atoms with Crippen LogP contribution in [0.1, 0.15) is 66.3 Å². The molecular weight excluding hydrogens is 574 g/mol. The number of likely N-dealkylation sites (N-methyl/N-ethyl adjacent to an activating group) is 2. The van der Waals surface area contributed by atoms with Crippen LogP contribution in [0.15, 0.2) is 83.7 Å². The Bertz CT molecular complexity index is 1810. The van der Waals surface area contributed by atoms with E-state index < -0.39 is 0 Å². The zero-order valence-electron chi connectivity index (χ0n) is 27.8. The predicted molar refractivity (Wildman–Crippen MR) is 186 cm³/mol. The average molecular weight is 618 g/mol. The number of anilines is 3. The second-order valence-corrected chi connectivity index (χ2v) is 13.0. The molecule has 1 fully saturated rings. The van der Waals surface area contributed by atoms with Crippen molar-refractivity contribution < 1.29 is 9.59 Å². The number of rotatable bonds is 7. The van der Waals surface area contributed by atoms with E-state index in [1.165, 1.54) is 0 Å². The fraction of sp³-hybridized carbons (Fsp3) is 0.316. The summed E-state index contributed by atoms with van der Waals surface area (Å²) < 4.78 is 0. The van der Waals surface area contributed by atoms with Gasteiger partial charge in [0.2, 0.25) is 11.3 Å². The summed E-state index contributed by atoms with van der Waals surface area (Å²) >= 11 is 0. The highest BCUT2D eigenvalue weighted by atomic mass is 16.2. The Morgan fingerprint density at radius 2 is 1.61 bits per heavy atom. The van der Waals surface area contributed by atoms with E-state index in [4.69, 9.17) is 4.98 Å². The number of aryl methyl sites for hydroxylation is 1. The van der Waals surface area contributed by atoms with Crippen LogP contribution in [-0.2, 0) is 16.6 Å². The molecule has 8 nitrogen and oxygen atoms in total. The van der Waals surface area contributed by atoms with Crippen molar-refractivity contribution in [3.05, 3.63) is 117 Å². The van der Waals surface area contributed by atoms with Crippen molar-refractivity contribution in [1.29, 1.82) is 0 Å². The predicted octanol–water partition coefficient (Wildman–Crippen LogP) is 6.72. The maximum Gasteiger partial charge on any atom is 0.255 e. The summed E-state index contributed by atoms with van der Waals surface area (Å²) in [5, 5.41) is 6.30. The number of hydrogen-bond acceptors (Lipinski definition) is 6. The van der Waals surface area contributed by atoms with Crippen LogP contribution in [0.4, 0.5) is 17.2 Å². The van der Waals surface area contributed by atoms with Crippen LogP contribution in [0.25, 0.3) is 11.3 Å². The first-order valence-corrected chi connectivity index (χ1v) is 15.8. The lowest BCUT2D eigenvalue weighted by atomic mass is 9.86. The molecule has 5 rings (SSSR count). The van der Waals surface area contributed by atoms with E-state index in [0.717, 1.165) is 28.8 Å². The van der Waals surface area contributed by atoms with Gasteiger partial charge in [0.15, 0.2) is 5.82 Å². The summed E-state index contributed by atoms with van der Waals surface area (Å²) in [4.78, 5) is 48.2. The summed E-state index contributed by atoms with van der Waals surface area (Å²) in [5.74, 6) is 0.0847. The van der Waals surface area contributed by atoms with Crippen LogP contribution in [-0.4, -0.2) is 53.8 Å². The van der Waals surface area contributed by atoms with Crippen LogP contribution < -0.4 is 16.1 Å². The first-order valence-electron chi connectivity index (χ1n) is 15.8. The molecule has 1 aliphatic heterocycles. The Balaban J connectivity index is 1.43. The van der Waals surface area contributed by atoms with Gasteiger partial charge in [0.05, 0.1) is 5.69 Å². The smallest absolute Gasteiger partial charge is 0.255 e. The maximum atomic E-state index is 13.5. The standard InChI is InChI=1S/C38H43N5O3/c1-8-25-16-21-32(30-10-9-11-31(24(30)2)41-36(45)27-12-17-28(18-13-27)38(3,4)5)40-35(34(25)44)39-29-19-14-26(15-20-29)33-37(46)43(7)23-22-42(33)6/h9-21,33H,8,22-23H2,1-7H3,(H,41,45)(H,39,40,44)/t33-/m1/s1. The maximum absolute atomic E-state index is 13.5. The number of benzene rings is 3. The third-order valence-electron chi connectivity index (χ3n) is 8.76. The molecule has 238 valence electrons. The fourth-order valence-electron chi connectivity index (χ4n) is 5.72. The van der Waals surface area contributed by atoms with E-state index in [1.807, 2.05) is 107 Å². The highest BCUT2D eigenvalue weighted by molar-refractivity contribution is 6.05. The van der Waals surface area contributed by atoms with E-state index in [0.29, 0.717) is 41.2 Å². The summed E-state index contributed by atoms with van der Waals surface area (Å²) in [6, 6.07) is 24.3. The summed E-state index contributed by atoms with van der Waals surface area (Å²) in [6.45, 7) is 11.8. The number of carbonyl (C=O) groups excluding carboxylic acids is 2. The van der Waals surface area contributed by atoms with Gasteiger partial charge in [-0.25, -0.2) is 4.98 Å². The topological polar surface area (TPSA) is 94.6 Å². The number of piperazine rings is 1. The molecule has 2 heterocycles. The first kappa shape index (κ1) is 32.6. The Kier molecular flexibility index (Phi) is 9.39. The molecule has 0 spiro atoms. The van der Waals surface area contributed by atoms with Gasteiger partial charge in [0.25, 0.3) is 5.91 Å². The first-order chi connectivity index (χ1) is 21.9. The molecule has 2 amide bonds. The molecule has 1 saturated heterocycles. The molecule has 1 aliphatic rings. The minimum absolute atomic E-state index is 0.00120. The molecule has 4 aromatic rings. The number of hydrogen-bond donors (Lipinski definition) is 2. The second kappa shape index (κ2) is 13.3. The van der Waals surface area contributed by atoms with Crippen molar-refractivity contribution in [3.8, 4) is 11.3 Å². The van der Waals surface area contributed by atoms with E-state index >= 15 is 0 Å². The Morgan fingerprint density at radius 3 is 2.26 bits per heavy atom. The third-order valence-corrected chi connectivity index (χ3v) is 8.76. The van der Waals surface area contributed by atoms with Crippen LogP contribution in [0, 0.1) is 6.92 Å². The lowest BCUT2D eigenvalue weighted by Gasteiger charge is -2.37. The molecule has 1 aromatic heterocycles. The van der Waals surface area contributed by atoms with Gasteiger partial charge in [-0.1, -0.05) is 70.2 Å². The molecule has 8 heteroatoms. The highest BCUT2D eigenvalue weighted by Crippen LogP contribution is 2.30. The highest BCUT2D eigenvalue weighted by Gasteiger charge is 2.31. The fourth-order valence-corrected chi connectivity index (χ4v) is 5.72. The lowest BCUT2D eigenvalue weighted by Crippen LogP contribution is -2.48. The number of aromatic nitrogens is 1. The van der Waals surface area contributed by atoms with Crippen LogP contribution in [0.2, 0.25) is 0 Å². The van der Waals surface area contributed by atoms with Crippen molar-refractivity contribution in [2.45, 2.75) is 52.5 Å². The zero-order valence-corrected chi connectivity index (χ0v) is 27.8. The Hall–Kier alpha value is -4.82. The van der Waals surface area contributed by atoms with Crippen molar-refractivity contribution in [1.82, 2.24) is 14.8 Å². The number of carbonyl (C=O) groups is 2. The molecule has 3 aromatic carbocycles. The average Bonchev–Trinajstić information content (AvgIpc) is 3.18. The summed E-state index contributed by atoms with van der Waals surface area (Å²) in [7, 11) is 3.79. The molecule has 46 heavy (non-hydrogen) atoms. The minimum Gasteiger partial charge on any atom is -0.343 e. The molecule has 0 aliphatic carbocycles. The van der Waals surface area contributed by atoms with Crippen molar-refractivity contribution in [3.63, 3.8) is 0 Å². The Morgan fingerprint density at radius 1 is 0.913 bits per heavy atom. The number of nitrogens with zero attached hydrogens (tertiary/aromatic N) is 3. The van der Waals surface area contributed by atoms with Crippen molar-refractivity contribution >= 4 is 29.0 Å². The quantitative estimate of drug-likeness (QED) is 0.239. The summed E-state index contributed by atoms with van der Waals surface area (Å²) in [5.41, 5.74) is 6.72. The van der Waals surface area contributed by atoms with Gasteiger partial charge in [-0.15, -0.1) is 0 Å². The minimum atomic E-state index is -0.340. The molecule has 0 bridgehead atoms. The zero-order chi connectivity index (χ0) is 33.2. The number of nitrogens with one attached hydrogen (secondary N) is 2. The van der Waals surface area contributed by atoms with Gasteiger partial charge >= 0.3 is 0 Å². The van der Waals surface area contributed by atoms with Gasteiger partial charge in [0.1, 0.15) is 6.04 Å². The lowest BCUT2D eigenvalue weighted by molar-refractivity contribution is -0.139. The van der Waals surface area contributed by atoms with Gasteiger partial charge in [0, 0.05) is 48.2 Å². The van der Waals surface area contributed by atoms with E-state index in [1.54, 1.807) is 4.90 Å². The second-order valence-electron chi connectivity index (χ2n) is 13.0. The van der Waals surface area contributed by atoms with Gasteiger partial charge < -0.3 is 15.5 Å². The van der Waals surface area contributed by atoms with Gasteiger partial charge in [-0.05, 0) is 78.9 Å². The monoisotopic (exact) mass is 617 g/mol. The Labute approximate surface area is 271 Å². The van der Waals surface area contributed by atoms with Crippen LogP contribution in [0.3, 0.4) is 0 Å². The molecular formula is C38H43N5O3. The molecule has 0 unspecified atom stereocenters. The molecule has 2 N–H and O–H groups in total. The largest absolute Gasteiger partial charge is 0.343 e. The molecule has 0 saturated carbocycles.